The van der Waals surface area contributed by atoms with Crippen molar-refractivity contribution in [2.45, 2.75) is 49.9 Å². The van der Waals surface area contributed by atoms with Gasteiger partial charge in [-0.3, -0.25) is 4.79 Å². The standard InChI is InChI=1S/C27H36F3N3O7S/c1-4-19(2)17-33(41(37,38)22-12-10-21(39-3)11-13-22)18-24(34)23(16-20-8-6-5-7-9-20)32-26(36)40-15-14-31-25(35)27(28,29)30/h5-13,19,23-24,34H,4,14-18H2,1-3H3,(H,31,35)(H,32,36)/t19-,23-,24+/m0/s1. The summed E-state index contributed by atoms with van der Waals surface area (Å²) in [7, 11) is -2.60. The second kappa shape index (κ2) is 15.6. The summed E-state index contributed by atoms with van der Waals surface area (Å²) in [6.45, 7) is 2.37. The first kappa shape index (κ1) is 33.8. The quantitative estimate of drug-likeness (QED) is 0.267. The Kier molecular flexibility index (Phi) is 12.9. The summed E-state index contributed by atoms with van der Waals surface area (Å²) in [6.07, 6.45) is -6.75. The first-order valence-corrected chi connectivity index (χ1v) is 14.4. The van der Waals surface area contributed by atoms with E-state index in [0.29, 0.717) is 12.2 Å². The monoisotopic (exact) mass is 603 g/mol. The third-order valence-electron chi connectivity index (χ3n) is 6.24. The molecule has 10 nitrogen and oxygen atoms in total. The van der Waals surface area contributed by atoms with E-state index in [2.05, 4.69) is 5.32 Å². The van der Waals surface area contributed by atoms with Crippen LogP contribution in [-0.2, 0) is 26.0 Å². The molecule has 0 saturated heterocycles. The molecule has 0 radical (unpaired) electrons. The Balaban J connectivity index is 2.20. The Bertz CT molecular complexity index is 1210. The SMILES string of the molecule is CC[C@H](C)CN(C[C@@H](O)[C@H](Cc1ccccc1)NC(=O)OCCNC(=O)C(F)(F)F)S(=O)(=O)c1ccc(OC)cc1. The minimum absolute atomic E-state index is 0.00156. The van der Waals surface area contributed by atoms with Crippen molar-refractivity contribution in [3.63, 3.8) is 0 Å². The van der Waals surface area contributed by atoms with E-state index in [1.54, 1.807) is 35.6 Å². The highest BCUT2D eigenvalue weighted by molar-refractivity contribution is 7.89. The number of nitrogens with zero attached hydrogens (tertiary/aromatic N) is 1. The van der Waals surface area contributed by atoms with E-state index in [1.807, 2.05) is 13.8 Å². The molecule has 228 valence electrons. The molecule has 0 saturated carbocycles. The molecule has 2 aromatic rings. The highest BCUT2D eigenvalue weighted by Crippen LogP contribution is 2.22. The van der Waals surface area contributed by atoms with Crippen LogP contribution in [0.2, 0.25) is 0 Å². The zero-order valence-electron chi connectivity index (χ0n) is 23.1. The number of sulfonamides is 1. The fourth-order valence-electron chi connectivity index (χ4n) is 3.73. The maximum atomic E-state index is 13.6. The van der Waals surface area contributed by atoms with Gasteiger partial charge in [0.05, 0.1) is 30.7 Å². The fraction of sp³-hybridized carbons (Fsp3) is 0.481. The van der Waals surface area contributed by atoms with E-state index in [0.717, 1.165) is 9.87 Å². The van der Waals surface area contributed by atoms with Gasteiger partial charge in [-0.25, -0.2) is 13.2 Å². The van der Waals surface area contributed by atoms with Gasteiger partial charge in [0.1, 0.15) is 12.4 Å². The van der Waals surface area contributed by atoms with Gasteiger partial charge < -0.3 is 25.2 Å². The molecule has 0 fully saturated rings. The fourth-order valence-corrected chi connectivity index (χ4v) is 5.31. The summed E-state index contributed by atoms with van der Waals surface area (Å²) < 4.78 is 75.3. The number of benzene rings is 2. The van der Waals surface area contributed by atoms with E-state index in [1.165, 1.54) is 31.4 Å². The smallest absolute Gasteiger partial charge is 0.471 e. The second-order valence-corrected chi connectivity index (χ2v) is 11.3. The Hall–Kier alpha value is -3.36. The molecular formula is C27H36F3N3O7S. The average Bonchev–Trinajstić information content (AvgIpc) is 2.94. The molecule has 2 amide bonds. The number of methoxy groups -OCH3 is 1. The van der Waals surface area contributed by atoms with Crippen LogP contribution in [0.3, 0.4) is 0 Å². The molecule has 0 heterocycles. The van der Waals surface area contributed by atoms with Gasteiger partial charge in [0.2, 0.25) is 10.0 Å². The van der Waals surface area contributed by atoms with Crippen LogP contribution in [0, 0.1) is 5.92 Å². The van der Waals surface area contributed by atoms with Gasteiger partial charge in [-0.05, 0) is 42.2 Å². The number of alkyl halides is 3. The summed E-state index contributed by atoms with van der Waals surface area (Å²) in [6, 6.07) is 13.6. The van der Waals surface area contributed by atoms with E-state index in [9.17, 15) is 36.3 Å². The molecule has 0 aromatic heterocycles. The van der Waals surface area contributed by atoms with Crippen molar-refractivity contribution in [2.75, 3.05) is 33.4 Å². The predicted octanol–water partition coefficient (Wildman–Crippen LogP) is 3.11. The zero-order chi connectivity index (χ0) is 30.6. The summed E-state index contributed by atoms with van der Waals surface area (Å²) >= 11 is 0. The number of hydrogen-bond donors (Lipinski definition) is 3. The Morgan fingerprint density at radius 2 is 1.68 bits per heavy atom. The van der Waals surface area contributed by atoms with Crippen molar-refractivity contribution in [2.24, 2.45) is 5.92 Å². The topological polar surface area (TPSA) is 134 Å². The molecule has 0 bridgehead atoms. The molecule has 2 rings (SSSR count). The number of rotatable bonds is 15. The number of hydrogen-bond acceptors (Lipinski definition) is 7. The first-order chi connectivity index (χ1) is 19.3. The third kappa shape index (κ3) is 10.9. The number of halogens is 3. The molecule has 3 atom stereocenters. The summed E-state index contributed by atoms with van der Waals surface area (Å²) in [5.74, 6) is -1.74. The van der Waals surface area contributed by atoms with Gasteiger partial charge in [-0.15, -0.1) is 0 Å². The Morgan fingerprint density at radius 1 is 1.05 bits per heavy atom. The van der Waals surface area contributed by atoms with Gasteiger partial charge >= 0.3 is 18.2 Å². The zero-order valence-corrected chi connectivity index (χ0v) is 23.9. The lowest BCUT2D eigenvalue weighted by atomic mass is 10.0. The third-order valence-corrected chi connectivity index (χ3v) is 8.09. The van der Waals surface area contributed by atoms with Crippen molar-refractivity contribution in [3.8, 4) is 5.75 Å². The van der Waals surface area contributed by atoms with Crippen LogP contribution in [0.5, 0.6) is 5.75 Å². The van der Waals surface area contributed by atoms with Crippen LogP contribution in [0.15, 0.2) is 59.5 Å². The van der Waals surface area contributed by atoms with Crippen LogP contribution >= 0.6 is 0 Å². The summed E-state index contributed by atoms with van der Waals surface area (Å²) in [5.41, 5.74) is 0.723. The van der Waals surface area contributed by atoms with Gasteiger partial charge in [0, 0.05) is 13.1 Å². The average molecular weight is 604 g/mol. The highest BCUT2D eigenvalue weighted by Gasteiger charge is 2.38. The predicted molar refractivity (Wildman–Crippen MR) is 145 cm³/mol. The van der Waals surface area contributed by atoms with E-state index >= 15 is 0 Å². The molecular weight excluding hydrogens is 567 g/mol. The summed E-state index contributed by atoms with van der Waals surface area (Å²) in [4.78, 5) is 23.4. The number of amides is 2. The van der Waals surface area contributed by atoms with Gasteiger partial charge in [0.15, 0.2) is 0 Å². The number of ether oxygens (including phenoxy) is 2. The first-order valence-electron chi connectivity index (χ1n) is 12.9. The Labute approximate surface area is 237 Å². The van der Waals surface area contributed by atoms with Crippen LogP contribution in [-0.4, -0.2) is 81.5 Å². The molecule has 41 heavy (non-hydrogen) atoms. The van der Waals surface area contributed by atoms with Crippen LogP contribution in [0.1, 0.15) is 25.8 Å². The molecule has 0 aliphatic rings. The van der Waals surface area contributed by atoms with Crippen LogP contribution < -0.4 is 15.4 Å². The molecule has 3 N–H and O–H groups in total. The minimum atomic E-state index is -5.07. The molecule has 0 spiro atoms. The van der Waals surface area contributed by atoms with Crippen molar-refractivity contribution in [1.29, 1.82) is 0 Å². The number of nitrogens with one attached hydrogen (secondary N) is 2. The second-order valence-electron chi connectivity index (χ2n) is 9.41. The van der Waals surface area contributed by atoms with Crippen molar-refractivity contribution in [1.82, 2.24) is 14.9 Å². The molecule has 0 aliphatic heterocycles. The normalized spacial score (nSPS) is 14.1. The lowest BCUT2D eigenvalue weighted by molar-refractivity contribution is -0.173. The van der Waals surface area contributed by atoms with Crippen molar-refractivity contribution in [3.05, 3.63) is 60.2 Å². The van der Waals surface area contributed by atoms with Gasteiger partial charge in [0.25, 0.3) is 0 Å². The lowest BCUT2D eigenvalue weighted by Crippen LogP contribution is -2.51. The number of aliphatic hydroxyl groups excluding tert-OH is 1. The number of carbonyl (C=O) groups excluding carboxylic acids is 2. The van der Waals surface area contributed by atoms with E-state index in [4.69, 9.17) is 9.47 Å². The highest BCUT2D eigenvalue weighted by atomic mass is 32.2. The molecule has 2 aromatic carbocycles. The number of carbonyl (C=O) groups is 2. The van der Waals surface area contributed by atoms with E-state index in [-0.39, 0.29) is 30.3 Å². The molecule has 0 aliphatic carbocycles. The van der Waals surface area contributed by atoms with Crippen molar-refractivity contribution < 1.29 is 45.8 Å². The van der Waals surface area contributed by atoms with Crippen molar-refractivity contribution >= 4 is 22.0 Å². The maximum Gasteiger partial charge on any atom is 0.471 e. The lowest BCUT2D eigenvalue weighted by Gasteiger charge is -2.31. The Morgan fingerprint density at radius 3 is 2.24 bits per heavy atom. The maximum absolute atomic E-state index is 13.6. The van der Waals surface area contributed by atoms with Crippen LogP contribution in [0.4, 0.5) is 18.0 Å². The molecule has 14 heteroatoms. The summed E-state index contributed by atoms with van der Waals surface area (Å²) in [5, 5.41) is 15.3. The van der Waals surface area contributed by atoms with E-state index < -0.39 is 53.5 Å². The van der Waals surface area contributed by atoms with Gasteiger partial charge in [-0.1, -0.05) is 50.6 Å². The van der Waals surface area contributed by atoms with Gasteiger partial charge in [-0.2, -0.15) is 17.5 Å². The number of alkyl carbamates (subject to hydrolysis) is 1. The molecule has 0 unspecified atom stereocenters. The largest absolute Gasteiger partial charge is 0.497 e. The number of aliphatic hydroxyl groups is 1. The minimum Gasteiger partial charge on any atom is -0.497 e. The van der Waals surface area contributed by atoms with Crippen LogP contribution in [0.25, 0.3) is 0 Å².